The predicted octanol–water partition coefficient (Wildman–Crippen LogP) is 2.71. The number of esters is 2. The van der Waals surface area contributed by atoms with Gasteiger partial charge >= 0.3 is 11.9 Å². The molecular formula is C17H24O4. The Bertz CT molecular complexity index is 371. The minimum Gasteiger partial charge on any atom is -0.465 e. The number of unbranched alkanes of at least 4 members (excludes halogenated alkanes) is 2. The van der Waals surface area contributed by atoms with Crippen LogP contribution < -0.4 is 0 Å². The van der Waals surface area contributed by atoms with E-state index in [4.69, 9.17) is 22.3 Å². The summed E-state index contributed by atoms with van der Waals surface area (Å²) in [6.45, 7) is 4.44. The van der Waals surface area contributed by atoms with Crippen molar-refractivity contribution in [2.45, 2.75) is 52.4 Å². The van der Waals surface area contributed by atoms with Crippen LogP contribution in [-0.4, -0.2) is 25.2 Å². The van der Waals surface area contributed by atoms with E-state index in [0.717, 1.165) is 25.7 Å². The molecule has 0 aliphatic heterocycles. The van der Waals surface area contributed by atoms with E-state index >= 15 is 0 Å². The maximum atomic E-state index is 12.3. The molecule has 0 aromatic carbocycles. The molecule has 0 aromatic rings. The quantitative estimate of drug-likeness (QED) is 0.269. The van der Waals surface area contributed by atoms with Crippen molar-refractivity contribution in [2.75, 3.05) is 13.2 Å². The molecule has 4 nitrogen and oxygen atoms in total. The Morgan fingerprint density at radius 2 is 1.29 bits per heavy atom. The van der Waals surface area contributed by atoms with Gasteiger partial charge in [-0.05, 0) is 12.8 Å². The standard InChI is InChI=1S/C17H24O4/c1-5-9-13-20-15(18)17(11-7-3,12-8-4)16(19)21-14-10-6-2/h3-4H,5-6,9-14H2,1-2H3. The fourth-order valence-electron chi connectivity index (χ4n) is 1.68. The van der Waals surface area contributed by atoms with Crippen molar-refractivity contribution in [1.82, 2.24) is 0 Å². The Labute approximate surface area is 127 Å². The van der Waals surface area contributed by atoms with Crippen LogP contribution in [0.3, 0.4) is 0 Å². The van der Waals surface area contributed by atoms with Gasteiger partial charge in [-0.15, -0.1) is 24.7 Å². The molecule has 4 heteroatoms. The Hall–Kier alpha value is -1.94. The minimum absolute atomic E-state index is 0.118. The van der Waals surface area contributed by atoms with Gasteiger partial charge in [0.1, 0.15) is 0 Å². The highest BCUT2D eigenvalue weighted by Gasteiger charge is 2.48. The average Bonchev–Trinajstić information content (AvgIpc) is 2.47. The van der Waals surface area contributed by atoms with Gasteiger partial charge in [-0.3, -0.25) is 9.59 Å². The summed E-state index contributed by atoms with van der Waals surface area (Å²) >= 11 is 0. The molecular weight excluding hydrogens is 268 g/mol. The van der Waals surface area contributed by atoms with Crippen molar-refractivity contribution in [3.8, 4) is 24.7 Å². The normalized spacial score (nSPS) is 10.3. The van der Waals surface area contributed by atoms with Gasteiger partial charge in [-0.25, -0.2) is 0 Å². The minimum atomic E-state index is -1.58. The number of hydrogen-bond acceptors (Lipinski definition) is 4. The maximum Gasteiger partial charge on any atom is 0.325 e. The van der Waals surface area contributed by atoms with Crippen molar-refractivity contribution in [2.24, 2.45) is 5.41 Å². The van der Waals surface area contributed by atoms with Crippen molar-refractivity contribution >= 4 is 11.9 Å². The third-order valence-corrected chi connectivity index (χ3v) is 3.05. The van der Waals surface area contributed by atoms with Crippen LogP contribution >= 0.6 is 0 Å². The fraction of sp³-hybridized carbons (Fsp3) is 0.647. The van der Waals surface area contributed by atoms with Crippen LogP contribution in [-0.2, 0) is 19.1 Å². The maximum absolute atomic E-state index is 12.3. The lowest BCUT2D eigenvalue weighted by atomic mass is 9.81. The summed E-state index contributed by atoms with van der Waals surface area (Å²) in [5.74, 6) is 3.30. The molecule has 0 N–H and O–H groups in total. The van der Waals surface area contributed by atoms with Crippen molar-refractivity contribution < 1.29 is 19.1 Å². The summed E-state index contributed by atoms with van der Waals surface area (Å²) in [4.78, 5) is 24.6. The molecule has 0 saturated carbocycles. The van der Waals surface area contributed by atoms with Crippen LogP contribution in [0.1, 0.15) is 52.4 Å². The molecule has 0 aliphatic carbocycles. The lowest BCUT2D eigenvalue weighted by molar-refractivity contribution is -0.172. The lowest BCUT2D eigenvalue weighted by Crippen LogP contribution is -2.42. The number of ether oxygens (including phenoxy) is 2. The molecule has 0 bridgehead atoms. The van der Waals surface area contributed by atoms with Crippen molar-refractivity contribution in [3.05, 3.63) is 0 Å². The molecule has 0 fully saturated rings. The second-order valence-electron chi connectivity index (χ2n) is 4.82. The van der Waals surface area contributed by atoms with E-state index in [-0.39, 0.29) is 26.1 Å². The van der Waals surface area contributed by atoms with E-state index in [1.807, 2.05) is 13.8 Å². The Morgan fingerprint density at radius 3 is 1.57 bits per heavy atom. The number of hydrogen-bond donors (Lipinski definition) is 0. The topological polar surface area (TPSA) is 52.6 Å². The Kier molecular flexibility index (Phi) is 9.80. The summed E-state index contributed by atoms with van der Waals surface area (Å²) in [6.07, 6.45) is 13.6. The molecule has 0 aliphatic rings. The molecule has 0 heterocycles. The fourth-order valence-corrected chi connectivity index (χ4v) is 1.68. The van der Waals surface area contributed by atoms with Crippen LogP contribution in [0.2, 0.25) is 0 Å². The van der Waals surface area contributed by atoms with Gasteiger partial charge in [0.2, 0.25) is 0 Å². The second kappa shape index (κ2) is 10.8. The first-order valence-electron chi connectivity index (χ1n) is 7.30. The zero-order chi connectivity index (χ0) is 16.1. The highest BCUT2D eigenvalue weighted by atomic mass is 16.6. The van der Waals surface area contributed by atoms with Gasteiger partial charge in [0.15, 0.2) is 5.41 Å². The molecule has 116 valence electrons. The van der Waals surface area contributed by atoms with Crippen LogP contribution in [0, 0.1) is 30.1 Å². The molecule has 0 radical (unpaired) electrons. The largest absolute Gasteiger partial charge is 0.465 e. The summed E-state index contributed by atoms with van der Waals surface area (Å²) in [6, 6.07) is 0. The van der Waals surface area contributed by atoms with Gasteiger partial charge in [0.25, 0.3) is 0 Å². The van der Waals surface area contributed by atoms with Crippen molar-refractivity contribution in [1.29, 1.82) is 0 Å². The van der Waals surface area contributed by atoms with Gasteiger partial charge in [-0.1, -0.05) is 26.7 Å². The highest BCUT2D eigenvalue weighted by Crippen LogP contribution is 2.30. The summed E-state index contributed by atoms with van der Waals surface area (Å²) in [7, 11) is 0. The van der Waals surface area contributed by atoms with Crippen LogP contribution in [0.25, 0.3) is 0 Å². The Morgan fingerprint density at radius 1 is 0.905 bits per heavy atom. The van der Waals surface area contributed by atoms with E-state index in [0.29, 0.717) is 0 Å². The SMILES string of the molecule is C#CCC(CC#C)(C(=O)OCCCC)C(=O)OCCCC. The first-order chi connectivity index (χ1) is 10.1. The van der Waals surface area contributed by atoms with Gasteiger partial charge in [0.05, 0.1) is 13.2 Å². The first-order valence-corrected chi connectivity index (χ1v) is 7.30. The number of terminal acetylenes is 2. The van der Waals surface area contributed by atoms with Gasteiger partial charge in [-0.2, -0.15) is 0 Å². The molecule has 0 spiro atoms. The van der Waals surface area contributed by atoms with Crippen LogP contribution in [0.4, 0.5) is 0 Å². The number of rotatable bonds is 10. The monoisotopic (exact) mass is 292 g/mol. The molecule has 0 atom stereocenters. The van der Waals surface area contributed by atoms with Gasteiger partial charge < -0.3 is 9.47 Å². The molecule has 0 amide bonds. The van der Waals surface area contributed by atoms with E-state index in [2.05, 4.69) is 11.8 Å². The molecule has 0 saturated heterocycles. The summed E-state index contributed by atoms with van der Waals surface area (Å²) in [5.41, 5.74) is -1.58. The summed E-state index contributed by atoms with van der Waals surface area (Å²) in [5, 5.41) is 0. The summed E-state index contributed by atoms with van der Waals surface area (Å²) < 4.78 is 10.3. The Balaban J connectivity index is 5.05. The highest BCUT2D eigenvalue weighted by molar-refractivity contribution is 6.00. The van der Waals surface area contributed by atoms with E-state index < -0.39 is 17.4 Å². The molecule has 0 aromatic heterocycles. The van der Waals surface area contributed by atoms with E-state index in [1.54, 1.807) is 0 Å². The second-order valence-corrected chi connectivity index (χ2v) is 4.82. The van der Waals surface area contributed by atoms with E-state index in [1.165, 1.54) is 0 Å². The average molecular weight is 292 g/mol. The zero-order valence-electron chi connectivity index (χ0n) is 12.9. The third-order valence-electron chi connectivity index (χ3n) is 3.05. The van der Waals surface area contributed by atoms with E-state index in [9.17, 15) is 9.59 Å². The van der Waals surface area contributed by atoms with Crippen LogP contribution in [0.15, 0.2) is 0 Å². The first kappa shape index (κ1) is 19.1. The molecule has 0 unspecified atom stereocenters. The molecule has 0 rings (SSSR count). The van der Waals surface area contributed by atoms with Crippen molar-refractivity contribution in [3.63, 3.8) is 0 Å². The van der Waals surface area contributed by atoms with Crippen LogP contribution in [0.5, 0.6) is 0 Å². The zero-order valence-corrected chi connectivity index (χ0v) is 12.9. The number of carbonyl (C=O) groups excluding carboxylic acids is 2. The predicted molar refractivity (Wildman–Crippen MR) is 81.1 cm³/mol. The van der Waals surface area contributed by atoms with Gasteiger partial charge in [0, 0.05) is 12.8 Å². The molecule has 21 heavy (non-hydrogen) atoms. The lowest BCUT2D eigenvalue weighted by Gasteiger charge is -2.25. The smallest absolute Gasteiger partial charge is 0.325 e. The third kappa shape index (κ3) is 5.92. The number of carbonyl (C=O) groups is 2.